The second-order valence-electron chi connectivity index (χ2n) is 4.19. The summed E-state index contributed by atoms with van der Waals surface area (Å²) >= 11 is 5.88. The first-order valence-corrected chi connectivity index (χ1v) is 5.56. The molecule has 0 amide bonds. The fourth-order valence-electron chi connectivity index (χ4n) is 1.50. The number of rotatable bonds is 3. The van der Waals surface area contributed by atoms with Crippen molar-refractivity contribution in [2.24, 2.45) is 0 Å². The lowest BCUT2D eigenvalue weighted by molar-refractivity contribution is 0.104. The number of carbonyl (C=O) groups excluding carboxylic acids is 1. The van der Waals surface area contributed by atoms with Gasteiger partial charge in [0, 0.05) is 25.9 Å². The van der Waals surface area contributed by atoms with Crippen molar-refractivity contribution < 1.29 is 9.18 Å². The Hall–Kier alpha value is -1.35. The minimum absolute atomic E-state index is 0.111. The maximum atomic E-state index is 13.4. The van der Waals surface area contributed by atoms with Crippen LogP contribution in [0.5, 0.6) is 0 Å². The van der Waals surface area contributed by atoms with Crippen molar-refractivity contribution in [3.05, 3.63) is 45.9 Å². The highest BCUT2D eigenvalue weighted by molar-refractivity contribution is 6.45. The summed E-state index contributed by atoms with van der Waals surface area (Å²) in [5, 5.41) is 0.111. The SMILES string of the molecule is Cc1cc(C(=O)C(Cl)=CN(C)C)cc(C)c1F. The fourth-order valence-corrected chi connectivity index (χ4v) is 1.80. The molecule has 0 saturated heterocycles. The van der Waals surface area contributed by atoms with E-state index in [4.69, 9.17) is 11.6 Å². The molecule has 0 aliphatic carbocycles. The number of allylic oxidation sites excluding steroid dienone is 1. The smallest absolute Gasteiger partial charge is 0.205 e. The quantitative estimate of drug-likeness (QED) is 0.610. The Bertz CT molecular complexity index is 457. The Kier molecular flexibility index (Phi) is 4.29. The molecular formula is C13H15ClFNO. The van der Waals surface area contributed by atoms with Gasteiger partial charge in [0.05, 0.1) is 0 Å². The van der Waals surface area contributed by atoms with Gasteiger partial charge in [-0.25, -0.2) is 4.39 Å². The molecule has 17 heavy (non-hydrogen) atoms. The molecule has 4 heteroatoms. The number of benzene rings is 1. The van der Waals surface area contributed by atoms with Gasteiger partial charge in [-0.2, -0.15) is 0 Å². The largest absolute Gasteiger partial charge is 0.382 e. The van der Waals surface area contributed by atoms with Crippen LogP contribution in [0.15, 0.2) is 23.4 Å². The second kappa shape index (κ2) is 5.32. The van der Waals surface area contributed by atoms with Gasteiger partial charge in [-0.3, -0.25) is 4.79 Å². The van der Waals surface area contributed by atoms with E-state index in [1.54, 1.807) is 32.8 Å². The van der Waals surface area contributed by atoms with E-state index in [-0.39, 0.29) is 16.6 Å². The topological polar surface area (TPSA) is 20.3 Å². The second-order valence-corrected chi connectivity index (χ2v) is 4.60. The summed E-state index contributed by atoms with van der Waals surface area (Å²) in [7, 11) is 3.55. The highest BCUT2D eigenvalue weighted by Gasteiger charge is 2.13. The Balaban J connectivity index is 3.14. The van der Waals surface area contributed by atoms with Gasteiger partial charge in [0.2, 0.25) is 5.78 Å². The standard InChI is InChI=1S/C13H15ClFNO/c1-8-5-10(6-9(2)12(8)15)13(17)11(14)7-16(3)4/h5-7H,1-4H3. The zero-order valence-electron chi connectivity index (χ0n) is 10.3. The minimum Gasteiger partial charge on any atom is -0.382 e. The summed E-state index contributed by atoms with van der Waals surface area (Å²) in [5.41, 5.74) is 1.30. The average Bonchev–Trinajstić information content (AvgIpc) is 2.23. The van der Waals surface area contributed by atoms with Crippen molar-refractivity contribution in [3.8, 4) is 0 Å². The molecule has 0 saturated carbocycles. The van der Waals surface area contributed by atoms with Crippen LogP contribution < -0.4 is 0 Å². The number of nitrogens with zero attached hydrogens (tertiary/aromatic N) is 1. The normalized spacial score (nSPS) is 11.5. The van der Waals surface area contributed by atoms with Crippen molar-refractivity contribution in [2.75, 3.05) is 14.1 Å². The van der Waals surface area contributed by atoms with Gasteiger partial charge in [-0.1, -0.05) is 11.6 Å². The van der Waals surface area contributed by atoms with Crippen molar-refractivity contribution in [1.82, 2.24) is 4.90 Å². The van der Waals surface area contributed by atoms with Crippen LogP contribution in [0, 0.1) is 19.7 Å². The van der Waals surface area contributed by atoms with E-state index in [0.717, 1.165) is 0 Å². The van der Waals surface area contributed by atoms with Crippen LogP contribution >= 0.6 is 11.6 Å². The number of aryl methyl sites for hydroxylation is 2. The Morgan fingerprint density at radius 3 is 2.18 bits per heavy atom. The molecule has 0 aromatic heterocycles. The van der Waals surface area contributed by atoms with Crippen LogP contribution in [-0.4, -0.2) is 24.8 Å². The van der Waals surface area contributed by atoms with Gasteiger partial charge in [0.25, 0.3) is 0 Å². The number of ketones is 1. The summed E-state index contributed by atoms with van der Waals surface area (Å²) in [6, 6.07) is 3.02. The fraction of sp³-hybridized carbons (Fsp3) is 0.308. The van der Waals surface area contributed by atoms with E-state index in [1.807, 2.05) is 0 Å². The summed E-state index contributed by atoms with van der Waals surface area (Å²) < 4.78 is 13.4. The Labute approximate surface area is 106 Å². The molecule has 0 spiro atoms. The van der Waals surface area contributed by atoms with Crippen molar-refractivity contribution in [3.63, 3.8) is 0 Å². The van der Waals surface area contributed by atoms with Crippen LogP contribution in [-0.2, 0) is 0 Å². The van der Waals surface area contributed by atoms with Gasteiger partial charge in [-0.15, -0.1) is 0 Å². The predicted molar refractivity (Wildman–Crippen MR) is 67.8 cm³/mol. The van der Waals surface area contributed by atoms with E-state index in [9.17, 15) is 9.18 Å². The zero-order valence-corrected chi connectivity index (χ0v) is 11.1. The lowest BCUT2D eigenvalue weighted by Gasteiger charge is -2.08. The van der Waals surface area contributed by atoms with Crippen molar-refractivity contribution >= 4 is 17.4 Å². The van der Waals surface area contributed by atoms with Gasteiger partial charge in [0.1, 0.15) is 10.8 Å². The van der Waals surface area contributed by atoms with E-state index >= 15 is 0 Å². The number of hydrogen-bond donors (Lipinski definition) is 0. The highest BCUT2D eigenvalue weighted by Crippen LogP contribution is 2.19. The molecular weight excluding hydrogens is 241 g/mol. The number of hydrogen-bond acceptors (Lipinski definition) is 2. The molecule has 0 aliphatic heterocycles. The van der Waals surface area contributed by atoms with E-state index in [1.165, 1.54) is 18.3 Å². The first-order chi connectivity index (χ1) is 7.82. The first-order valence-electron chi connectivity index (χ1n) is 5.18. The zero-order chi connectivity index (χ0) is 13.2. The maximum Gasteiger partial charge on any atom is 0.205 e. The van der Waals surface area contributed by atoms with Crippen LogP contribution in [0.25, 0.3) is 0 Å². The minimum atomic E-state index is -0.299. The molecule has 0 N–H and O–H groups in total. The van der Waals surface area contributed by atoms with Crippen LogP contribution in [0.3, 0.4) is 0 Å². The average molecular weight is 256 g/mol. The summed E-state index contributed by atoms with van der Waals surface area (Å²) in [5.74, 6) is -0.583. The number of halogens is 2. The Morgan fingerprint density at radius 2 is 1.76 bits per heavy atom. The Morgan fingerprint density at radius 1 is 1.29 bits per heavy atom. The predicted octanol–water partition coefficient (Wildman–Crippen LogP) is 3.27. The van der Waals surface area contributed by atoms with E-state index in [2.05, 4.69) is 0 Å². The lowest BCUT2D eigenvalue weighted by atomic mass is 10.0. The molecule has 2 nitrogen and oxygen atoms in total. The molecule has 1 aromatic carbocycles. The van der Waals surface area contributed by atoms with Gasteiger partial charge >= 0.3 is 0 Å². The van der Waals surface area contributed by atoms with E-state index < -0.39 is 0 Å². The molecule has 0 fully saturated rings. The molecule has 0 bridgehead atoms. The van der Waals surface area contributed by atoms with Crippen LogP contribution in [0.4, 0.5) is 4.39 Å². The highest BCUT2D eigenvalue weighted by atomic mass is 35.5. The maximum absolute atomic E-state index is 13.4. The molecule has 0 radical (unpaired) electrons. The van der Waals surface area contributed by atoms with Crippen LogP contribution in [0.2, 0.25) is 0 Å². The molecule has 1 aromatic rings. The summed E-state index contributed by atoms with van der Waals surface area (Å²) in [4.78, 5) is 13.6. The van der Waals surface area contributed by atoms with E-state index in [0.29, 0.717) is 16.7 Å². The van der Waals surface area contributed by atoms with Crippen molar-refractivity contribution in [2.45, 2.75) is 13.8 Å². The molecule has 0 unspecified atom stereocenters. The van der Waals surface area contributed by atoms with Gasteiger partial charge in [-0.05, 0) is 37.1 Å². The molecule has 92 valence electrons. The number of carbonyl (C=O) groups is 1. The third-order valence-electron chi connectivity index (χ3n) is 2.29. The molecule has 0 atom stereocenters. The van der Waals surface area contributed by atoms with Gasteiger partial charge in [0.15, 0.2) is 0 Å². The first kappa shape index (κ1) is 13.7. The lowest BCUT2D eigenvalue weighted by Crippen LogP contribution is -2.07. The monoisotopic (exact) mass is 255 g/mol. The molecule has 1 rings (SSSR count). The summed E-state index contributed by atoms with van der Waals surface area (Å²) in [6.07, 6.45) is 1.53. The van der Waals surface area contributed by atoms with Crippen molar-refractivity contribution in [1.29, 1.82) is 0 Å². The third kappa shape index (κ3) is 3.30. The third-order valence-corrected chi connectivity index (χ3v) is 2.56. The molecule has 0 aliphatic rings. The summed E-state index contributed by atoms with van der Waals surface area (Å²) in [6.45, 7) is 3.26. The van der Waals surface area contributed by atoms with Crippen LogP contribution in [0.1, 0.15) is 21.5 Å². The van der Waals surface area contributed by atoms with Gasteiger partial charge < -0.3 is 4.90 Å². The number of Topliss-reactive ketones (excluding diaryl/α,β-unsaturated/α-hetero) is 1. The molecule has 0 heterocycles.